The summed E-state index contributed by atoms with van der Waals surface area (Å²) in [4.78, 5) is 30.5. The Morgan fingerprint density at radius 1 is 1.20 bits per heavy atom. The molecule has 2 N–H and O–H groups in total. The third-order valence-electron chi connectivity index (χ3n) is 5.44. The van der Waals surface area contributed by atoms with Gasteiger partial charge in [0.1, 0.15) is 0 Å². The first-order valence-corrected chi connectivity index (χ1v) is 8.99. The van der Waals surface area contributed by atoms with Crippen LogP contribution in [-0.2, 0) is 16.1 Å². The second-order valence-electron chi connectivity index (χ2n) is 7.43. The zero-order chi connectivity index (χ0) is 18.0. The summed E-state index contributed by atoms with van der Waals surface area (Å²) in [6.45, 7) is 2.67. The number of carbonyl (C=O) groups excluding carboxylic acids is 2. The molecule has 0 aromatic heterocycles. The maximum atomic E-state index is 13.0. The summed E-state index contributed by atoms with van der Waals surface area (Å²) in [7, 11) is 3.78. The van der Waals surface area contributed by atoms with Crippen LogP contribution in [0.4, 0.5) is 0 Å². The molecule has 25 heavy (non-hydrogen) atoms. The highest BCUT2D eigenvalue weighted by atomic mass is 16.2. The number of likely N-dealkylation sites (tertiary alicyclic amines) is 2. The number of primary amides is 1. The molecule has 2 bridgehead atoms. The number of hydrogen-bond acceptors (Lipinski definition) is 4. The third kappa shape index (κ3) is 4.02. The van der Waals surface area contributed by atoms with Gasteiger partial charge in [0.05, 0.1) is 6.04 Å². The van der Waals surface area contributed by atoms with E-state index >= 15 is 0 Å². The van der Waals surface area contributed by atoms with E-state index in [1.165, 1.54) is 5.56 Å². The molecule has 3 rings (SSSR count). The molecule has 6 heteroatoms. The lowest BCUT2D eigenvalue weighted by molar-refractivity contribution is -0.139. The number of nitrogens with two attached hydrogens (primary N) is 1. The highest BCUT2D eigenvalue weighted by Gasteiger charge is 2.46. The Morgan fingerprint density at radius 3 is 2.48 bits per heavy atom. The Morgan fingerprint density at radius 2 is 1.92 bits per heavy atom. The van der Waals surface area contributed by atoms with Crippen LogP contribution in [0.3, 0.4) is 0 Å². The first-order chi connectivity index (χ1) is 12.0. The fourth-order valence-corrected chi connectivity index (χ4v) is 4.10. The van der Waals surface area contributed by atoms with Gasteiger partial charge in [-0.2, -0.15) is 0 Å². The average Bonchev–Trinajstić information content (AvgIpc) is 3.15. The second-order valence-corrected chi connectivity index (χ2v) is 7.43. The van der Waals surface area contributed by atoms with Gasteiger partial charge < -0.3 is 10.6 Å². The lowest BCUT2D eigenvalue weighted by atomic mass is 10.1. The quantitative estimate of drug-likeness (QED) is 0.789. The van der Waals surface area contributed by atoms with E-state index in [9.17, 15) is 9.59 Å². The predicted molar refractivity (Wildman–Crippen MR) is 96.7 cm³/mol. The van der Waals surface area contributed by atoms with Gasteiger partial charge in [-0.1, -0.05) is 30.3 Å². The van der Waals surface area contributed by atoms with Gasteiger partial charge >= 0.3 is 0 Å². The molecule has 2 fully saturated rings. The summed E-state index contributed by atoms with van der Waals surface area (Å²) in [6.07, 6.45) is 1.79. The van der Waals surface area contributed by atoms with Crippen LogP contribution in [0.15, 0.2) is 30.3 Å². The third-order valence-corrected chi connectivity index (χ3v) is 5.44. The van der Waals surface area contributed by atoms with Gasteiger partial charge in [-0.3, -0.25) is 19.4 Å². The number of benzene rings is 1. The molecule has 6 nitrogen and oxygen atoms in total. The second kappa shape index (κ2) is 7.54. The van der Waals surface area contributed by atoms with Crippen molar-refractivity contribution in [2.45, 2.75) is 43.9 Å². The SMILES string of the molecule is CN(C)[C@H](CCC(N)=O)C(=O)N1C[C@@H]2C[C@H]1CN2Cc1ccccc1. The van der Waals surface area contributed by atoms with E-state index < -0.39 is 0 Å². The number of hydrogen-bond donors (Lipinski definition) is 1. The fourth-order valence-electron chi connectivity index (χ4n) is 4.10. The van der Waals surface area contributed by atoms with E-state index in [0.717, 1.165) is 26.1 Å². The van der Waals surface area contributed by atoms with Crippen LogP contribution < -0.4 is 5.73 Å². The van der Waals surface area contributed by atoms with Crippen molar-refractivity contribution in [3.63, 3.8) is 0 Å². The zero-order valence-corrected chi connectivity index (χ0v) is 15.1. The number of carbonyl (C=O) groups is 2. The maximum Gasteiger partial charge on any atom is 0.240 e. The van der Waals surface area contributed by atoms with Crippen molar-refractivity contribution in [1.29, 1.82) is 0 Å². The van der Waals surface area contributed by atoms with Crippen molar-refractivity contribution in [2.75, 3.05) is 27.2 Å². The number of amides is 2. The summed E-state index contributed by atoms with van der Waals surface area (Å²) in [6, 6.07) is 10.9. The Kier molecular flexibility index (Phi) is 5.39. The predicted octanol–water partition coefficient (Wildman–Crippen LogP) is 0.667. The molecule has 2 heterocycles. The van der Waals surface area contributed by atoms with E-state index in [-0.39, 0.29) is 30.3 Å². The fraction of sp³-hybridized carbons (Fsp3) is 0.579. The standard InChI is InChI=1S/C19H28N4O2/c1-21(2)17(8-9-18(20)24)19(25)23-13-15-10-16(23)12-22(15)11-14-6-4-3-5-7-14/h3-7,15-17H,8-13H2,1-2H3,(H2,20,24)/t15-,16-,17+/m0/s1. The maximum absolute atomic E-state index is 13.0. The number of piperazine rings is 1. The molecule has 2 amide bonds. The molecule has 0 spiro atoms. The van der Waals surface area contributed by atoms with Crippen LogP contribution in [0.1, 0.15) is 24.8 Å². The number of fused-ring (bicyclic) bond motifs is 2. The first kappa shape index (κ1) is 17.9. The summed E-state index contributed by atoms with van der Waals surface area (Å²) in [5.74, 6) is -0.213. The largest absolute Gasteiger partial charge is 0.370 e. The van der Waals surface area contributed by atoms with Crippen LogP contribution in [0.5, 0.6) is 0 Å². The molecule has 0 unspecified atom stereocenters. The first-order valence-electron chi connectivity index (χ1n) is 8.99. The van der Waals surface area contributed by atoms with Crippen molar-refractivity contribution in [3.05, 3.63) is 35.9 Å². The van der Waals surface area contributed by atoms with Crippen LogP contribution in [0.2, 0.25) is 0 Å². The van der Waals surface area contributed by atoms with E-state index in [1.54, 1.807) is 0 Å². The van der Waals surface area contributed by atoms with Gasteiger partial charge in [-0.15, -0.1) is 0 Å². The molecule has 0 aliphatic carbocycles. The average molecular weight is 344 g/mol. The number of rotatable bonds is 7. The van der Waals surface area contributed by atoms with E-state index in [4.69, 9.17) is 5.73 Å². The van der Waals surface area contributed by atoms with Crippen LogP contribution in [-0.4, -0.2) is 71.8 Å². The highest BCUT2D eigenvalue weighted by molar-refractivity contribution is 5.83. The molecular formula is C19H28N4O2. The molecule has 0 radical (unpaired) electrons. The minimum absolute atomic E-state index is 0.137. The van der Waals surface area contributed by atoms with Gasteiger partial charge in [-0.25, -0.2) is 0 Å². The molecule has 136 valence electrons. The van der Waals surface area contributed by atoms with Crippen LogP contribution in [0.25, 0.3) is 0 Å². The number of likely N-dealkylation sites (N-methyl/N-ethyl adjacent to an activating group) is 1. The van der Waals surface area contributed by atoms with Crippen LogP contribution in [0, 0.1) is 0 Å². The van der Waals surface area contributed by atoms with Gasteiger partial charge in [0.25, 0.3) is 0 Å². The molecule has 2 saturated heterocycles. The smallest absolute Gasteiger partial charge is 0.240 e. The molecule has 1 aromatic carbocycles. The van der Waals surface area contributed by atoms with Gasteiger partial charge in [0, 0.05) is 38.1 Å². The minimum Gasteiger partial charge on any atom is -0.370 e. The molecule has 2 aliphatic rings. The van der Waals surface area contributed by atoms with Gasteiger partial charge in [-0.05, 0) is 32.5 Å². The topological polar surface area (TPSA) is 69.9 Å². The minimum atomic E-state index is -0.350. The Hall–Kier alpha value is -1.92. The Labute approximate surface area is 149 Å². The Balaban J connectivity index is 1.59. The lowest BCUT2D eigenvalue weighted by Crippen LogP contribution is -2.53. The van der Waals surface area contributed by atoms with Crippen molar-refractivity contribution in [1.82, 2.24) is 14.7 Å². The summed E-state index contributed by atoms with van der Waals surface area (Å²) in [5.41, 5.74) is 6.58. The summed E-state index contributed by atoms with van der Waals surface area (Å²) in [5, 5.41) is 0. The van der Waals surface area contributed by atoms with Gasteiger partial charge in [0.15, 0.2) is 0 Å². The van der Waals surface area contributed by atoms with Crippen LogP contribution >= 0.6 is 0 Å². The number of nitrogens with zero attached hydrogens (tertiary/aromatic N) is 3. The highest BCUT2D eigenvalue weighted by Crippen LogP contribution is 2.32. The molecule has 0 saturated carbocycles. The summed E-state index contributed by atoms with van der Waals surface area (Å²) < 4.78 is 0. The molecule has 3 atom stereocenters. The van der Waals surface area contributed by atoms with Crippen molar-refractivity contribution in [2.24, 2.45) is 5.73 Å². The Bertz CT molecular complexity index is 619. The molecule has 1 aromatic rings. The van der Waals surface area contributed by atoms with E-state index in [1.807, 2.05) is 30.0 Å². The zero-order valence-electron chi connectivity index (χ0n) is 15.1. The summed E-state index contributed by atoms with van der Waals surface area (Å²) >= 11 is 0. The van der Waals surface area contributed by atoms with E-state index in [2.05, 4.69) is 29.2 Å². The monoisotopic (exact) mass is 344 g/mol. The van der Waals surface area contributed by atoms with E-state index in [0.29, 0.717) is 12.5 Å². The van der Waals surface area contributed by atoms with Crippen molar-refractivity contribution >= 4 is 11.8 Å². The molecular weight excluding hydrogens is 316 g/mol. The van der Waals surface area contributed by atoms with Crippen molar-refractivity contribution in [3.8, 4) is 0 Å². The van der Waals surface area contributed by atoms with Crippen molar-refractivity contribution < 1.29 is 9.59 Å². The lowest BCUT2D eigenvalue weighted by Gasteiger charge is -2.37. The normalized spacial score (nSPS) is 24.0. The van der Waals surface area contributed by atoms with Gasteiger partial charge in [0.2, 0.25) is 11.8 Å². The molecule has 2 aliphatic heterocycles.